The van der Waals surface area contributed by atoms with E-state index >= 15 is 0 Å². The molecule has 0 spiro atoms. The van der Waals surface area contributed by atoms with E-state index in [1.54, 1.807) is 31.5 Å². The second-order valence-electron chi connectivity index (χ2n) is 4.32. The molecule has 2 rings (SSSR count). The molecule has 5 nitrogen and oxygen atoms in total. The molecule has 20 heavy (non-hydrogen) atoms. The number of Topliss-reactive ketones (excluding diaryl/α,β-unsaturated/α-hetero) is 1. The van der Waals surface area contributed by atoms with E-state index in [2.05, 4.69) is 4.98 Å². The Bertz CT molecular complexity index is 659. The highest BCUT2D eigenvalue weighted by Gasteiger charge is 2.20. The summed E-state index contributed by atoms with van der Waals surface area (Å²) in [5.41, 5.74) is 0.271. The van der Waals surface area contributed by atoms with Crippen LogP contribution in [0.4, 0.5) is 10.1 Å². The van der Waals surface area contributed by atoms with Crippen molar-refractivity contribution < 1.29 is 14.1 Å². The molecule has 1 atom stereocenters. The summed E-state index contributed by atoms with van der Waals surface area (Å²) in [4.78, 5) is 26.1. The van der Waals surface area contributed by atoms with Crippen LogP contribution in [0.25, 0.3) is 0 Å². The van der Waals surface area contributed by atoms with Crippen molar-refractivity contribution in [3.8, 4) is 0 Å². The Morgan fingerprint density at radius 2 is 1.95 bits per heavy atom. The van der Waals surface area contributed by atoms with Crippen LogP contribution in [-0.4, -0.2) is 15.7 Å². The molecular formula is C14H11FN2O3. The molecule has 1 unspecified atom stereocenters. The van der Waals surface area contributed by atoms with Crippen LogP contribution < -0.4 is 0 Å². The molecule has 0 radical (unpaired) electrons. The number of nitro groups is 1. The lowest BCUT2D eigenvalue weighted by molar-refractivity contribution is -0.385. The normalized spacial score (nSPS) is 11.9. The Morgan fingerprint density at radius 1 is 1.30 bits per heavy atom. The van der Waals surface area contributed by atoms with Gasteiger partial charge in [-0.05, 0) is 23.8 Å². The van der Waals surface area contributed by atoms with Gasteiger partial charge in [0.2, 0.25) is 0 Å². The van der Waals surface area contributed by atoms with Gasteiger partial charge in [0.25, 0.3) is 5.69 Å². The summed E-state index contributed by atoms with van der Waals surface area (Å²) in [7, 11) is 0. The van der Waals surface area contributed by atoms with Crippen LogP contribution in [0.5, 0.6) is 0 Å². The van der Waals surface area contributed by atoms with Crippen LogP contribution >= 0.6 is 0 Å². The van der Waals surface area contributed by atoms with Gasteiger partial charge in [-0.1, -0.05) is 6.92 Å². The topological polar surface area (TPSA) is 73.1 Å². The van der Waals surface area contributed by atoms with Crippen LogP contribution in [0.15, 0.2) is 42.7 Å². The van der Waals surface area contributed by atoms with E-state index in [-0.39, 0.29) is 11.3 Å². The average molecular weight is 274 g/mol. The maximum atomic E-state index is 13.3. The first-order valence-electron chi connectivity index (χ1n) is 5.88. The van der Waals surface area contributed by atoms with E-state index in [4.69, 9.17) is 0 Å². The number of ketones is 1. The fourth-order valence-electron chi connectivity index (χ4n) is 1.88. The van der Waals surface area contributed by atoms with Crippen molar-refractivity contribution in [1.82, 2.24) is 4.98 Å². The number of benzene rings is 1. The highest BCUT2D eigenvalue weighted by atomic mass is 19.1. The zero-order valence-corrected chi connectivity index (χ0v) is 10.6. The molecule has 0 aliphatic rings. The smallest absolute Gasteiger partial charge is 0.273 e. The molecule has 0 aliphatic heterocycles. The SMILES string of the molecule is CC(C(=O)c1cc(F)cc([N+](=O)[O-])c1)c1ccncc1. The van der Waals surface area contributed by atoms with Crippen molar-refractivity contribution in [2.75, 3.05) is 0 Å². The Labute approximate surface area is 114 Å². The Kier molecular flexibility index (Phi) is 3.84. The van der Waals surface area contributed by atoms with Crippen LogP contribution in [0.3, 0.4) is 0 Å². The maximum Gasteiger partial charge on any atom is 0.273 e. The van der Waals surface area contributed by atoms with E-state index in [9.17, 15) is 19.3 Å². The number of hydrogen-bond acceptors (Lipinski definition) is 4. The van der Waals surface area contributed by atoms with E-state index in [0.717, 1.165) is 23.8 Å². The number of halogens is 1. The highest BCUT2D eigenvalue weighted by Crippen LogP contribution is 2.23. The van der Waals surface area contributed by atoms with E-state index in [1.807, 2.05) is 0 Å². The lowest BCUT2D eigenvalue weighted by Gasteiger charge is -2.10. The number of non-ortho nitro benzene ring substituents is 1. The van der Waals surface area contributed by atoms with Crippen molar-refractivity contribution in [3.63, 3.8) is 0 Å². The number of rotatable bonds is 4. The van der Waals surface area contributed by atoms with Crippen LogP contribution in [0.1, 0.15) is 28.8 Å². The molecule has 0 aliphatic carbocycles. The van der Waals surface area contributed by atoms with Gasteiger partial charge in [0.15, 0.2) is 5.78 Å². The van der Waals surface area contributed by atoms with Gasteiger partial charge in [0.1, 0.15) is 5.82 Å². The summed E-state index contributed by atoms with van der Waals surface area (Å²) < 4.78 is 13.3. The molecule has 1 aromatic heterocycles. The van der Waals surface area contributed by atoms with Gasteiger partial charge in [-0.3, -0.25) is 19.9 Å². The lowest BCUT2D eigenvalue weighted by Crippen LogP contribution is -2.10. The van der Waals surface area contributed by atoms with Gasteiger partial charge in [0.05, 0.1) is 11.0 Å². The van der Waals surface area contributed by atoms with E-state index in [1.165, 1.54) is 0 Å². The monoisotopic (exact) mass is 274 g/mol. The van der Waals surface area contributed by atoms with Gasteiger partial charge in [0, 0.05) is 29.9 Å². The largest absolute Gasteiger partial charge is 0.294 e. The fourth-order valence-corrected chi connectivity index (χ4v) is 1.88. The molecule has 0 saturated heterocycles. The number of carbonyl (C=O) groups is 1. The number of pyridine rings is 1. The zero-order chi connectivity index (χ0) is 14.7. The predicted octanol–water partition coefficient (Wildman–Crippen LogP) is 3.12. The van der Waals surface area contributed by atoms with Crippen molar-refractivity contribution >= 4 is 11.5 Å². The molecule has 0 saturated carbocycles. The van der Waals surface area contributed by atoms with Gasteiger partial charge in [-0.2, -0.15) is 0 Å². The number of nitrogens with zero attached hydrogens (tertiary/aromatic N) is 2. The second kappa shape index (κ2) is 5.56. The molecule has 1 heterocycles. The molecule has 0 fully saturated rings. The summed E-state index contributed by atoms with van der Waals surface area (Å²) >= 11 is 0. The van der Waals surface area contributed by atoms with Crippen molar-refractivity contribution in [2.45, 2.75) is 12.8 Å². The third-order valence-electron chi connectivity index (χ3n) is 2.98. The Morgan fingerprint density at radius 3 is 2.55 bits per heavy atom. The van der Waals surface area contributed by atoms with Crippen LogP contribution in [0.2, 0.25) is 0 Å². The molecular weight excluding hydrogens is 263 g/mol. The molecule has 0 amide bonds. The molecule has 0 bridgehead atoms. The molecule has 1 aromatic carbocycles. The predicted molar refractivity (Wildman–Crippen MR) is 70.0 cm³/mol. The minimum atomic E-state index is -0.801. The standard InChI is InChI=1S/C14H11FN2O3/c1-9(10-2-4-16-5-3-10)14(18)11-6-12(15)8-13(7-11)17(19)20/h2-9H,1H3. The number of nitro benzene ring substituents is 1. The summed E-state index contributed by atoms with van der Waals surface area (Å²) in [5.74, 6) is -1.71. The summed E-state index contributed by atoms with van der Waals surface area (Å²) in [6.45, 7) is 1.66. The minimum absolute atomic E-state index is 0.0130. The van der Waals surface area contributed by atoms with Crippen molar-refractivity contribution in [3.05, 3.63) is 69.8 Å². The summed E-state index contributed by atoms with van der Waals surface area (Å²) in [6, 6.07) is 6.23. The number of carbonyl (C=O) groups excluding carboxylic acids is 1. The average Bonchev–Trinajstić information content (AvgIpc) is 2.46. The summed E-state index contributed by atoms with van der Waals surface area (Å²) in [5, 5.41) is 10.7. The van der Waals surface area contributed by atoms with Crippen molar-refractivity contribution in [1.29, 1.82) is 0 Å². The zero-order valence-electron chi connectivity index (χ0n) is 10.6. The van der Waals surface area contributed by atoms with Gasteiger partial charge >= 0.3 is 0 Å². The number of hydrogen-bond donors (Lipinski definition) is 0. The van der Waals surface area contributed by atoms with E-state index < -0.39 is 22.3 Å². The molecule has 2 aromatic rings. The number of aromatic nitrogens is 1. The van der Waals surface area contributed by atoms with Gasteiger partial charge in [-0.15, -0.1) is 0 Å². The quantitative estimate of drug-likeness (QED) is 0.488. The van der Waals surface area contributed by atoms with Crippen molar-refractivity contribution in [2.24, 2.45) is 0 Å². The first kappa shape index (κ1) is 13.8. The first-order chi connectivity index (χ1) is 9.49. The fraction of sp³-hybridized carbons (Fsp3) is 0.143. The summed E-state index contributed by atoms with van der Waals surface area (Å²) in [6.07, 6.45) is 3.10. The first-order valence-corrected chi connectivity index (χ1v) is 5.88. The maximum absolute atomic E-state index is 13.3. The van der Waals surface area contributed by atoms with E-state index in [0.29, 0.717) is 0 Å². The molecule has 102 valence electrons. The van der Waals surface area contributed by atoms with Gasteiger partial charge in [-0.25, -0.2) is 4.39 Å². The second-order valence-corrected chi connectivity index (χ2v) is 4.32. The Hall–Kier alpha value is -2.63. The minimum Gasteiger partial charge on any atom is -0.294 e. The Balaban J connectivity index is 2.36. The molecule has 6 heteroatoms. The van der Waals surface area contributed by atoms with Crippen LogP contribution in [0, 0.1) is 15.9 Å². The lowest BCUT2D eigenvalue weighted by atomic mass is 9.93. The highest BCUT2D eigenvalue weighted by molar-refractivity contribution is 6.01. The third-order valence-corrected chi connectivity index (χ3v) is 2.98. The van der Waals surface area contributed by atoms with Gasteiger partial charge < -0.3 is 0 Å². The third kappa shape index (κ3) is 2.85. The molecule has 0 N–H and O–H groups in total. The van der Waals surface area contributed by atoms with Crippen LogP contribution in [-0.2, 0) is 0 Å².